The van der Waals surface area contributed by atoms with Gasteiger partial charge in [0.05, 0.1) is 19.4 Å². The summed E-state index contributed by atoms with van der Waals surface area (Å²) in [6.07, 6.45) is -1.04. The van der Waals surface area contributed by atoms with E-state index in [0.717, 1.165) is 0 Å². The van der Waals surface area contributed by atoms with E-state index in [1.165, 1.54) is 0 Å². The highest BCUT2D eigenvalue weighted by Crippen LogP contribution is 2.29. The van der Waals surface area contributed by atoms with Gasteiger partial charge in [-0.2, -0.15) is 0 Å². The fourth-order valence-electron chi connectivity index (χ4n) is 1.41. The van der Waals surface area contributed by atoms with Gasteiger partial charge in [0.2, 0.25) is 0 Å². The van der Waals surface area contributed by atoms with E-state index in [2.05, 4.69) is 0 Å². The molecule has 0 aliphatic rings. The molecule has 0 heterocycles. The highest BCUT2D eigenvalue weighted by molar-refractivity contribution is 5.72. The number of carboxylic acids is 2. The number of carbonyl (C=O) groups is 2. The van der Waals surface area contributed by atoms with Crippen molar-refractivity contribution in [1.29, 1.82) is 0 Å². The summed E-state index contributed by atoms with van der Waals surface area (Å²) in [4.78, 5) is 21.2. The van der Waals surface area contributed by atoms with Gasteiger partial charge in [-0.05, 0) is 0 Å². The molecule has 0 fully saturated rings. The van der Waals surface area contributed by atoms with Crippen molar-refractivity contribution in [2.75, 3.05) is 13.2 Å². The van der Waals surface area contributed by atoms with Gasteiger partial charge in [0, 0.05) is 18.0 Å². The molecule has 0 aliphatic heterocycles. The molecule has 0 saturated carbocycles. The summed E-state index contributed by atoms with van der Waals surface area (Å²) in [7, 11) is 0. The van der Waals surface area contributed by atoms with E-state index < -0.39 is 42.8 Å². The standard InChI is InChI=1S/C8H16N2O5/c9-3-5(10)8(4-11,1-6(12)13)2-7(14)15/h5,11H,1-4,9-10H2,(H,12,13)(H,14,15). The second-order valence-corrected chi connectivity index (χ2v) is 3.50. The van der Waals surface area contributed by atoms with Crippen molar-refractivity contribution in [1.82, 2.24) is 0 Å². The first-order chi connectivity index (χ1) is 6.88. The highest BCUT2D eigenvalue weighted by atomic mass is 16.4. The second-order valence-electron chi connectivity index (χ2n) is 3.50. The number of aliphatic hydroxyl groups excluding tert-OH is 1. The summed E-state index contributed by atoms with van der Waals surface area (Å²) in [5.74, 6) is -2.43. The summed E-state index contributed by atoms with van der Waals surface area (Å²) in [6, 6.07) is -0.866. The fraction of sp³-hybridized carbons (Fsp3) is 0.750. The van der Waals surface area contributed by atoms with E-state index in [0.29, 0.717) is 0 Å². The largest absolute Gasteiger partial charge is 0.481 e. The topological polar surface area (TPSA) is 147 Å². The maximum atomic E-state index is 10.6. The molecular formula is C8H16N2O5. The predicted octanol–water partition coefficient (Wildman–Crippen LogP) is -1.80. The highest BCUT2D eigenvalue weighted by Gasteiger charge is 2.40. The molecule has 0 aromatic carbocycles. The minimum absolute atomic E-state index is 0.0822. The molecule has 0 aromatic heterocycles. The van der Waals surface area contributed by atoms with Gasteiger partial charge in [0.25, 0.3) is 0 Å². The molecule has 0 aliphatic carbocycles. The van der Waals surface area contributed by atoms with Gasteiger partial charge in [-0.25, -0.2) is 0 Å². The molecule has 1 atom stereocenters. The van der Waals surface area contributed by atoms with Crippen LogP contribution in [0.25, 0.3) is 0 Å². The Balaban J connectivity index is 4.90. The van der Waals surface area contributed by atoms with Gasteiger partial charge in [-0.1, -0.05) is 0 Å². The summed E-state index contributed by atoms with van der Waals surface area (Å²) >= 11 is 0. The summed E-state index contributed by atoms with van der Waals surface area (Å²) in [5, 5.41) is 26.4. The van der Waals surface area contributed by atoms with E-state index >= 15 is 0 Å². The van der Waals surface area contributed by atoms with Crippen LogP contribution in [0.1, 0.15) is 12.8 Å². The van der Waals surface area contributed by atoms with Crippen molar-refractivity contribution in [3.05, 3.63) is 0 Å². The quantitative estimate of drug-likeness (QED) is 0.340. The monoisotopic (exact) mass is 220 g/mol. The van der Waals surface area contributed by atoms with Gasteiger partial charge < -0.3 is 26.8 Å². The minimum atomic E-state index is -1.40. The Morgan fingerprint density at radius 3 is 1.80 bits per heavy atom. The molecule has 0 saturated heterocycles. The van der Waals surface area contributed by atoms with Crippen LogP contribution in [0.2, 0.25) is 0 Å². The molecule has 7 nitrogen and oxygen atoms in total. The Kier molecular flexibility index (Phi) is 5.20. The number of aliphatic carboxylic acids is 2. The second kappa shape index (κ2) is 5.64. The average Bonchev–Trinajstić information content (AvgIpc) is 2.13. The van der Waals surface area contributed by atoms with Crippen molar-refractivity contribution in [2.45, 2.75) is 18.9 Å². The molecule has 0 rings (SSSR count). The van der Waals surface area contributed by atoms with E-state index in [9.17, 15) is 9.59 Å². The van der Waals surface area contributed by atoms with Crippen LogP contribution in [-0.2, 0) is 9.59 Å². The number of hydrogen-bond acceptors (Lipinski definition) is 5. The number of nitrogens with two attached hydrogens (primary N) is 2. The first-order valence-corrected chi connectivity index (χ1v) is 4.38. The van der Waals surface area contributed by atoms with Crippen molar-refractivity contribution in [2.24, 2.45) is 16.9 Å². The summed E-state index contributed by atoms with van der Waals surface area (Å²) in [5.41, 5.74) is 9.41. The van der Waals surface area contributed by atoms with Gasteiger partial charge in [-0.15, -0.1) is 0 Å². The van der Waals surface area contributed by atoms with Crippen molar-refractivity contribution >= 4 is 11.9 Å². The molecule has 7 N–H and O–H groups in total. The Morgan fingerprint density at radius 1 is 1.20 bits per heavy atom. The molecule has 0 aromatic rings. The van der Waals surface area contributed by atoms with Crippen molar-refractivity contribution in [3.63, 3.8) is 0 Å². The number of rotatable bonds is 7. The first kappa shape index (κ1) is 13.8. The average molecular weight is 220 g/mol. The molecule has 7 heteroatoms. The van der Waals surface area contributed by atoms with Gasteiger partial charge in [0.1, 0.15) is 0 Å². The van der Waals surface area contributed by atoms with Crippen molar-refractivity contribution in [3.8, 4) is 0 Å². The van der Waals surface area contributed by atoms with Gasteiger partial charge in [0.15, 0.2) is 0 Å². The molecule has 0 radical (unpaired) electrons. The van der Waals surface area contributed by atoms with Crippen LogP contribution < -0.4 is 11.5 Å². The molecule has 0 spiro atoms. The molecular weight excluding hydrogens is 204 g/mol. The van der Waals surface area contributed by atoms with E-state index in [1.54, 1.807) is 0 Å². The molecule has 15 heavy (non-hydrogen) atoms. The van der Waals surface area contributed by atoms with Gasteiger partial charge in [-0.3, -0.25) is 9.59 Å². The van der Waals surface area contributed by atoms with Crippen LogP contribution in [0.3, 0.4) is 0 Å². The lowest BCUT2D eigenvalue weighted by Crippen LogP contribution is -2.51. The summed E-state index contributed by atoms with van der Waals surface area (Å²) < 4.78 is 0. The third kappa shape index (κ3) is 3.82. The SMILES string of the molecule is NCC(N)C(CO)(CC(=O)O)CC(=O)O. The van der Waals surface area contributed by atoms with E-state index in [4.69, 9.17) is 26.8 Å². The molecule has 1 unspecified atom stereocenters. The predicted molar refractivity (Wildman–Crippen MR) is 51.1 cm³/mol. The maximum absolute atomic E-state index is 10.6. The smallest absolute Gasteiger partial charge is 0.304 e. The van der Waals surface area contributed by atoms with Crippen LogP contribution in [0.15, 0.2) is 0 Å². The van der Waals surface area contributed by atoms with E-state index in [-0.39, 0.29) is 6.54 Å². The maximum Gasteiger partial charge on any atom is 0.304 e. The third-order valence-corrected chi connectivity index (χ3v) is 2.36. The Morgan fingerprint density at radius 2 is 1.60 bits per heavy atom. The minimum Gasteiger partial charge on any atom is -0.481 e. The number of carboxylic acid groups (broad SMARTS) is 2. The Labute approximate surface area is 86.7 Å². The van der Waals surface area contributed by atoms with Crippen LogP contribution in [0, 0.1) is 5.41 Å². The first-order valence-electron chi connectivity index (χ1n) is 4.38. The lowest BCUT2D eigenvalue weighted by Gasteiger charge is -2.34. The molecule has 0 amide bonds. The van der Waals surface area contributed by atoms with Gasteiger partial charge >= 0.3 is 11.9 Å². The Bertz CT molecular complexity index is 227. The lowest BCUT2D eigenvalue weighted by molar-refractivity contribution is -0.146. The normalized spacial score (nSPS) is 13.5. The van der Waals surface area contributed by atoms with Crippen LogP contribution in [0.4, 0.5) is 0 Å². The van der Waals surface area contributed by atoms with E-state index in [1.807, 2.05) is 0 Å². The fourth-order valence-corrected chi connectivity index (χ4v) is 1.41. The zero-order chi connectivity index (χ0) is 12.1. The molecule has 0 bridgehead atoms. The van der Waals surface area contributed by atoms with Crippen molar-refractivity contribution < 1.29 is 24.9 Å². The lowest BCUT2D eigenvalue weighted by atomic mass is 9.75. The molecule has 88 valence electrons. The zero-order valence-electron chi connectivity index (χ0n) is 8.22. The number of hydrogen-bond donors (Lipinski definition) is 5. The summed E-state index contributed by atoms with van der Waals surface area (Å²) in [6.45, 7) is -0.703. The van der Waals surface area contributed by atoms with Crippen LogP contribution in [-0.4, -0.2) is 46.5 Å². The Hall–Kier alpha value is -1.18. The van der Waals surface area contributed by atoms with Crippen LogP contribution in [0.5, 0.6) is 0 Å². The van der Waals surface area contributed by atoms with Crippen LogP contribution >= 0.6 is 0 Å². The third-order valence-electron chi connectivity index (χ3n) is 2.36. The zero-order valence-corrected chi connectivity index (χ0v) is 8.22. The number of aliphatic hydroxyl groups is 1.